The van der Waals surface area contributed by atoms with Gasteiger partial charge in [0.05, 0.1) is 0 Å². The molecule has 0 radical (unpaired) electrons. The van der Waals surface area contributed by atoms with Crippen molar-refractivity contribution in [1.29, 1.82) is 0 Å². The number of nitrogens with zero attached hydrogens (tertiary/aromatic N) is 4. The molecule has 0 spiro atoms. The second-order valence-corrected chi connectivity index (χ2v) is 7.71. The van der Waals surface area contributed by atoms with Gasteiger partial charge in [0.25, 0.3) is 0 Å². The maximum atomic E-state index is 9.50. The Morgan fingerprint density at radius 3 is 2.46 bits per heavy atom. The maximum Gasteiger partial charge on any atom is 0.187 e. The van der Waals surface area contributed by atoms with E-state index in [1.165, 1.54) is 11.1 Å². The third-order valence-corrected chi connectivity index (χ3v) is 5.50. The van der Waals surface area contributed by atoms with Crippen molar-refractivity contribution in [3.05, 3.63) is 53.3 Å². The number of aromatic nitrogens is 2. The summed E-state index contributed by atoms with van der Waals surface area (Å²) in [5.74, 6) is 0. The van der Waals surface area contributed by atoms with Crippen LogP contribution < -0.4 is 0 Å². The molecule has 1 aromatic carbocycles. The van der Waals surface area contributed by atoms with Crippen molar-refractivity contribution in [2.24, 2.45) is 0 Å². The number of thioether (sulfide) groups is 1. The van der Waals surface area contributed by atoms with Crippen LogP contribution in [-0.4, -0.2) is 63.4 Å². The van der Waals surface area contributed by atoms with Gasteiger partial charge in [-0.1, -0.05) is 41.6 Å². The molecule has 2 aromatic rings. The van der Waals surface area contributed by atoms with Crippen LogP contribution in [0.2, 0.25) is 0 Å². The summed E-state index contributed by atoms with van der Waals surface area (Å²) < 4.78 is 0. The van der Waals surface area contributed by atoms with E-state index in [4.69, 9.17) is 0 Å². The van der Waals surface area contributed by atoms with E-state index in [-0.39, 0.29) is 6.61 Å². The van der Waals surface area contributed by atoms with Gasteiger partial charge in [-0.2, -0.15) is 0 Å². The molecule has 26 heavy (non-hydrogen) atoms. The number of aliphatic hydroxyl groups excluding tert-OH is 1. The second-order valence-electron chi connectivity index (χ2n) is 6.94. The molecule has 1 aliphatic heterocycles. The standard InChI is InChI=1S/C20H28N4OS/c1-16-3-5-17(6-4-16)14-24-9-8-23(15-19(24)7-10-25)13-18-11-21-20(26-2)22-12-18/h3-6,11-12,19,25H,7-10,13-15H2,1-2H3/t19-/m0/s1. The lowest BCUT2D eigenvalue weighted by Gasteiger charge is -2.41. The molecule has 1 atom stereocenters. The molecule has 1 fully saturated rings. The van der Waals surface area contributed by atoms with Crippen molar-refractivity contribution < 1.29 is 5.11 Å². The summed E-state index contributed by atoms with van der Waals surface area (Å²) in [4.78, 5) is 13.7. The topological polar surface area (TPSA) is 52.5 Å². The van der Waals surface area contributed by atoms with Gasteiger partial charge in [0.1, 0.15) is 0 Å². The first kappa shape index (κ1) is 19.3. The highest BCUT2D eigenvalue weighted by Gasteiger charge is 2.26. The van der Waals surface area contributed by atoms with Crippen molar-refractivity contribution in [3.8, 4) is 0 Å². The average Bonchev–Trinajstić information content (AvgIpc) is 2.66. The molecular weight excluding hydrogens is 344 g/mol. The third-order valence-electron chi connectivity index (χ3n) is 4.93. The minimum Gasteiger partial charge on any atom is -0.396 e. The van der Waals surface area contributed by atoms with Crippen molar-refractivity contribution in [1.82, 2.24) is 19.8 Å². The van der Waals surface area contributed by atoms with Crippen molar-refractivity contribution >= 4 is 11.8 Å². The summed E-state index contributed by atoms with van der Waals surface area (Å²) >= 11 is 1.56. The molecule has 0 amide bonds. The third kappa shape index (κ3) is 5.27. The van der Waals surface area contributed by atoms with Gasteiger partial charge in [-0.25, -0.2) is 9.97 Å². The smallest absolute Gasteiger partial charge is 0.187 e. The summed E-state index contributed by atoms with van der Waals surface area (Å²) in [7, 11) is 0. The monoisotopic (exact) mass is 372 g/mol. The molecule has 1 N–H and O–H groups in total. The van der Waals surface area contributed by atoms with E-state index >= 15 is 0 Å². The zero-order chi connectivity index (χ0) is 18.4. The summed E-state index contributed by atoms with van der Waals surface area (Å²) in [6.45, 7) is 7.18. The van der Waals surface area contributed by atoms with E-state index in [9.17, 15) is 5.11 Å². The highest BCUT2D eigenvalue weighted by atomic mass is 32.2. The Morgan fingerprint density at radius 2 is 1.81 bits per heavy atom. The molecule has 5 nitrogen and oxygen atoms in total. The van der Waals surface area contributed by atoms with E-state index in [0.29, 0.717) is 6.04 Å². The van der Waals surface area contributed by atoms with Crippen LogP contribution in [-0.2, 0) is 13.1 Å². The predicted molar refractivity (Wildman–Crippen MR) is 106 cm³/mol. The van der Waals surface area contributed by atoms with Gasteiger partial charge in [0, 0.05) is 63.3 Å². The molecule has 0 unspecified atom stereocenters. The lowest BCUT2D eigenvalue weighted by atomic mass is 10.1. The van der Waals surface area contributed by atoms with E-state index in [1.54, 1.807) is 11.8 Å². The molecule has 6 heteroatoms. The number of aliphatic hydroxyl groups is 1. The zero-order valence-corrected chi connectivity index (χ0v) is 16.5. The van der Waals surface area contributed by atoms with E-state index in [0.717, 1.165) is 49.9 Å². The van der Waals surface area contributed by atoms with Crippen LogP contribution in [0.15, 0.2) is 41.8 Å². The van der Waals surface area contributed by atoms with Crippen LogP contribution in [0.5, 0.6) is 0 Å². The fourth-order valence-electron chi connectivity index (χ4n) is 3.45. The normalized spacial score (nSPS) is 19.0. The SMILES string of the molecule is CSc1ncc(CN2CCN(Cc3ccc(C)cc3)[C@@H](CCO)C2)cn1. The van der Waals surface area contributed by atoms with Gasteiger partial charge in [-0.05, 0) is 25.2 Å². The molecule has 0 saturated carbocycles. The lowest BCUT2D eigenvalue weighted by molar-refractivity contribution is 0.0498. The van der Waals surface area contributed by atoms with Crippen LogP contribution in [0.4, 0.5) is 0 Å². The number of benzene rings is 1. The number of aryl methyl sites for hydroxylation is 1. The van der Waals surface area contributed by atoms with Gasteiger partial charge in [-0.15, -0.1) is 0 Å². The number of hydrogen-bond acceptors (Lipinski definition) is 6. The molecule has 3 rings (SSSR count). The summed E-state index contributed by atoms with van der Waals surface area (Å²) in [6.07, 6.45) is 6.66. The first-order valence-electron chi connectivity index (χ1n) is 9.15. The Balaban J connectivity index is 1.60. The van der Waals surface area contributed by atoms with Crippen molar-refractivity contribution in [3.63, 3.8) is 0 Å². The Kier molecular flexibility index (Phi) is 7.02. The van der Waals surface area contributed by atoms with Crippen LogP contribution in [0.1, 0.15) is 23.1 Å². The first-order valence-corrected chi connectivity index (χ1v) is 10.4. The highest BCUT2D eigenvalue weighted by Crippen LogP contribution is 2.19. The largest absolute Gasteiger partial charge is 0.396 e. The average molecular weight is 373 g/mol. The van der Waals surface area contributed by atoms with Gasteiger partial charge >= 0.3 is 0 Å². The van der Waals surface area contributed by atoms with Crippen molar-refractivity contribution in [2.75, 3.05) is 32.5 Å². The molecule has 0 aliphatic carbocycles. The number of hydrogen-bond donors (Lipinski definition) is 1. The van der Waals surface area contributed by atoms with Gasteiger partial charge in [0.15, 0.2) is 5.16 Å². The first-order chi connectivity index (χ1) is 12.7. The zero-order valence-electron chi connectivity index (χ0n) is 15.6. The second kappa shape index (κ2) is 9.46. The Hall–Kier alpha value is -1.47. The highest BCUT2D eigenvalue weighted by molar-refractivity contribution is 7.98. The Labute approximate surface area is 160 Å². The maximum absolute atomic E-state index is 9.50. The van der Waals surface area contributed by atoms with Crippen molar-refractivity contribution in [2.45, 2.75) is 37.6 Å². The van der Waals surface area contributed by atoms with Gasteiger partial charge < -0.3 is 5.11 Å². The number of rotatable bonds is 7. The minimum atomic E-state index is 0.231. The molecule has 140 valence electrons. The lowest BCUT2D eigenvalue weighted by Crippen LogP contribution is -2.52. The fraction of sp³-hybridized carbons (Fsp3) is 0.500. The van der Waals surface area contributed by atoms with Crippen LogP contribution in [0.3, 0.4) is 0 Å². The van der Waals surface area contributed by atoms with Crippen LogP contribution in [0.25, 0.3) is 0 Å². The van der Waals surface area contributed by atoms with E-state index in [2.05, 4.69) is 51.0 Å². The van der Waals surface area contributed by atoms with Crippen LogP contribution in [0, 0.1) is 6.92 Å². The summed E-state index contributed by atoms with van der Waals surface area (Å²) in [6, 6.07) is 9.14. The summed E-state index contributed by atoms with van der Waals surface area (Å²) in [5.41, 5.74) is 3.78. The Bertz CT molecular complexity index is 677. The molecule has 0 bridgehead atoms. The van der Waals surface area contributed by atoms with Gasteiger partial charge in [-0.3, -0.25) is 9.80 Å². The predicted octanol–water partition coefficient (Wildman–Crippen LogP) is 2.58. The molecule has 1 saturated heterocycles. The molecular formula is C20H28N4OS. The quantitative estimate of drug-likeness (QED) is 0.596. The molecule has 1 aromatic heterocycles. The minimum absolute atomic E-state index is 0.231. The number of piperazine rings is 1. The van der Waals surface area contributed by atoms with Gasteiger partial charge in [0.2, 0.25) is 0 Å². The fourth-order valence-corrected chi connectivity index (χ4v) is 3.76. The van der Waals surface area contributed by atoms with Crippen LogP contribution >= 0.6 is 11.8 Å². The molecule has 2 heterocycles. The molecule has 1 aliphatic rings. The summed E-state index contributed by atoms with van der Waals surface area (Å²) in [5, 5.41) is 10.3. The van der Waals surface area contributed by atoms with E-state index < -0.39 is 0 Å². The Morgan fingerprint density at radius 1 is 1.08 bits per heavy atom. The van der Waals surface area contributed by atoms with E-state index in [1.807, 2.05) is 18.6 Å².